The van der Waals surface area contributed by atoms with Gasteiger partial charge in [-0.05, 0) is 31.7 Å². The van der Waals surface area contributed by atoms with Crippen LogP contribution >= 0.6 is 0 Å². The van der Waals surface area contributed by atoms with Crippen LogP contribution in [0.5, 0.6) is 0 Å². The molecule has 0 radical (unpaired) electrons. The maximum Gasteiger partial charge on any atom is 0.0836 e. The number of ether oxygens (including phenoxy) is 1. The van der Waals surface area contributed by atoms with Gasteiger partial charge in [-0.15, -0.1) is 6.58 Å². The van der Waals surface area contributed by atoms with Gasteiger partial charge >= 0.3 is 0 Å². The van der Waals surface area contributed by atoms with E-state index in [1.54, 1.807) is 0 Å². The number of hydrogen-bond acceptors (Lipinski definition) is 1. The summed E-state index contributed by atoms with van der Waals surface area (Å²) < 4.78 is 6.00. The van der Waals surface area contributed by atoms with Crippen molar-refractivity contribution in [2.24, 2.45) is 5.92 Å². The summed E-state index contributed by atoms with van der Waals surface area (Å²) in [5, 5.41) is 0. The van der Waals surface area contributed by atoms with E-state index in [0.717, 1.165) is 12.3 Å². The van der Waals surface area contributed by atoms with Gasteiger partial charge in [-0.3, -0.25) is 0 Å². The van der Waals surface area contributed by atoms with Crippen LogP contribution in [0.2, 0.25) is 0 Å². The second kappa shape index (κ2) is 8.84. The van der Waals surface area contributed by atoms with Gasteiger partial charge in [-0.2, -0.15) is 0 Å². The van der Waals surface area contributed by atoms with E-state index in [4.69, 9.17) is 4.74 Å². The van der Waals surface area contributed by atoms with Crippen LogP contribution in [0.1, 0.15) is 51.2 Å². The molecule has 1 atom stereocenters. The maximum absolute atomic E-state index is 6.00. The van der Waals surface area contributed by atoms with Crippen molar-refractivity contribution in [3.8, 4) is 0 Å². The van der Waals surface area contributed by atoms with Crippen molar-refractivity contribution >= 4 is 6.08 Å². The predicted octanol–water partition coefficient (Wildman–Crippen LogP) is 5.80. The first-order chi connectivity index (χ1) is 9.95. The molecule has 0 aliphatic carbocycles. The summed E-state index contributed by atoms with van der Waals surface area (Å²) in [5.74, 6) is 0.750. The third-order valence-electron chi connectivity index (χ3n) is 3.78. The molecular formula is C20H30O. The van der Waals surface area contributed by atoms with Crippen molar-refractivity contribution < 1.29 is 4.74 Å². The van der Waals surface area contributed by atoms with Gasteiger partial charge in [-0.25, -0.2) is 0 Å². The van der Waals surface area contributed by atoms with Crippen LogP contribution < -0.4 is 0 Å². The standard InChI is InChI=1S/C20H30O/c1-6-20(5,15-7-9-17(2)3)21-16-8-10-19-13-11-18(4)12-14-19/h6,8,10-14,17H,1,7,9,15-16H2,2-5H3/b10-8+. The monoisotopic (exact) mass is 286 g/mol. The molecule has 0 spiro atoms. The molecule has 0 N–H and O–H groups in total. The molecule has 1 heteroatoms. The van der Waals surface area contributed by atoms with Crippen molar-refractivity contribution in [1.82, 2.24) is 0 Å². The Morgan fingerprint density at radius 3 is 2.48 bits per heavy atom. The lowest BCUT2D eigenvalue weighted by Crippen LogP contribution is -2.26. The Balaban J connectivity index is 2.40. The van der Waals surface area contributed by atoms with Gasteiger partial charge in [0.1, 0.15) is 0 Å². The Hall–Kier alpha value is -1.34. The summed E-state index contributed by atoms with van der Waals surface area (Å²) in [6, 6.07) is 8.50. The molecule has 0 saturated heterocycles. The lowest BCUT2D eigenvalue weighted by atomic mass is 9.96. The molecule has 0 bridgehead atoms. The summed E-state index contributed by atoms with van der Waals surface area (Å²) in [7, 11) is 0. The number of rotatable bonds is 9. The molecule has 116 valence electrons. The van der Waals surface area contributed by atoms with Crippen molar-refractivity contribution in [1.29, 1.82) is 0 Å². The molecular weight excluding hydrogens is 256 g/mol. The fourth-order valence-electron chi connectivity index (χ4n) is 2.19. The van der Waals surface area contributed by atoms with Crippen molar-refractivity contribution in [2.45, 2.75) is 52.6 Å². The lowest BCUT2D eigenvalue weighted by molar-refractivity contribution is 0.0151. The Kier molecular flexibility index (Phi) is 7.45. The molecule has 0 fully saturated rings. The fraction of sp³-hybridized carbons (Fsp3) is 0.500. The zero-order valence-corrected chi connectivity index (χ0v) is 14.1. The highest BCUT2D eigenvalue weighted by molar-refractivity contribution is 5.49. The van der Waals surface area contributed by atoms with Gasteiger partial charge in [0, 0.05) is 0 Å². The van der Waals surface area contributed by atoms with Gasteiger partial charge in [0.2, 0.25) is 0 Å². The molecule has 0 aliphatic heterocycles. The topological polar surface area (TPSA) is 9.23 Å². The maximum atomic E-state index is 6.00. The van der Waals surface area contributed by atoms with E-state index in [1.807, 2.05) is 6.08 Å². The first kappa shape index (κ1) is 17.7. The third kappa shape index (κ3) is 7.29. The van der Waals surface area contributed by atoms with Gasteiger partial charge in [0.25, 0.3) is 0 Å². The van der Waals surface area contributed by atoms with Crippen LogP contribution in [-0.4, -0.2) is 12.2 Å². The summed E-state index contributed by atoms with van der Waals surface area (Å²) in [6.07, 6.45) is 9.58. The highest BCUT2D eigenvalue weighted by atomic mass is 16.5. The molecule has 1 aromatic carbocycles. The molecule has 21 heavy (non-hydrogen) atoms. The first-order valence-electron chi connectivity index (χ1n) is 7.96. The summed E-state index contributed by atoms with van der Waals surface area (Å²) in [6.45, 7) is 13.3. The molecule has 1 aromatic rings. The van der Waals surface area contributed by atoms with Gasteiger partial charge in [0.05, 0.1) is 12.2 Å². The van der Waals surface area contributed by atoms with Crippen molar-refractivity contribution in [3.63, 3.8) is 0 Å². The highest BCUT2D eigenvalue weighted by Gasteiger charge is 2.19. The van der Waals surface area contributed by atoms with Crippen molar-refractivity contribution in [3.05, 3.63) is 54.1 Å². The molecule has 1 rings (SSSR count). The average Bonchev–Trinajstić information content (AvgIpc) is 2.45. The first-order valence-corrected chi connectivity index (χ1v) is 7.96. The molecule has 1 unspecified atom stereocenters. The second-order valence-electron chi connectivity index (χ2n) is 6.43. The van der Waals surface area contributed by atoms with E-state index in [0.29, 0.717) is 6.61 Å². The van der Waals surface area contributed by atoms with Crippen LogP contribution in [0.25, 0.3) is 6.08 Å². The SMILES string of the molecule is C=CC(C)(CCCC(C)C)OC/C=C/c1ccc(C)cc1. The van der Waals surface area contributed by atoms with E-state index >= 15 is 0 Å². The fourth-order valence-corrected chi connectivity index (χ4v) is 2.19. The molecule has 0 heterocycles. The second-order valence-corrected chi connectivity index (χ2v) is 6.43. The van der Waals surface area contributed by atoms with E-state index in [9.17, 15) is 0 Å². The van der Waals surface area contributed by atoms with Crippen LogP contribution in [-0.2, 0) is 4.74 Å². The smallest absolute Gasteiger partial charge is 0.0836 e. The predicted molar refractivity (Wildman–Crippen MR) is 93.5 cm³/mol. The van der Waals surface area contributed by atoms with Gasteiger partial charge < -0.3 is 4.74 Å². The largest absolute Gasteiger partial charge is 0.367 e. The van der Waals surface area contributed by atoms with E-state index in [2.05, 4.69) is 70.7 Å². The minimum atomic E-state index is -0.216. The van der Waals surface area contributed by atoms with E-state index in [1.165, 1.54) is 24.0 Å². The van der Waals surface area contributed by atoms with Crippen LogP contribution in [0, 0.1) is 12.8 Å². The number of aryl methyl sites for hydroxylation is 1. The third-order valence-corrected chi connectivity index (χ3v) is 3.78. The lowest BCUT2D eigenvalue weighted by Gasteiger charge is -2.26. The molecule has 0 aliphatic rings. The zero-order valence-electron chi connectivity index (χ0n) is 14.1. The van der Waals surface area contributed by atoms with Gasteiger partial charge in [0.15, 0.2) is 0 Å². The molecule has 0 amide bonds. The highest BCUT2D eigenvalue weighted by Crippen LogP contribution is 2.21. The van der Waals surface area contributed by atoms with Crippen LogP contribution in [0.4, 0.5) is 0 Å². The minimum absolute atomic E-state index is 0.216. The van der Waals surface area contributed by atoms with E-state index in [-0.39, 0.29) is 5.60 Å². The molecule has 0 aromatic heterocycles. The van der Waals surface area contributed by atoms with Crippen LogP contribution in [0.3, 0.4) is 0 Å². The van der Waals surface area contributed by atoms with Crippen LogP contribution in [0.15, 0.2) is 43.0 Å². The van der Waals surface area contributed by atoms with Crippen molar-refractivity contribution in [2.75, 3.05) is 6.61 Å². The normalized spacial score (nSPS) is 14.5. The Labute approximate surface area is 130 Å². The Morgan fingerprint density at radius 1 is 1.24 bits per heavy atom. The quantitative estimate of drug-likeness (QED) is 0.522. The minimum Gasteiger partial charge on any atom is -0.367 e. The average molecular weight is 286 g/mol. The number of hydrogen-bond donors (Lipinski definition) is 0. The Bertz CT molecular complexity index is 441. The molecule has 0 saturated carbocycles. The Morgan fingerprint density at radius 2 is 1.90 bits per heavy atom. The van der Waals surface area contributed by atoms with E-state index < -0.39 is 0 Å². The molecule has 1 nitrogen and oxygen atoms in total. The zero-order chi connectivity index (χ0) is 15.7. The summed E-state index contributed by atoms with van der Waals surface area (Å²) >= 11 is 0. The summed E-state index contributed by atoms with van der Waals surface area (Å²) in [5.41, 5.74) is 2.28. The number of benzene rings is 1. The summed E-state index contributed by atoms with van der Waals surface area (Å²) in [4.78, 5) is 0. The van der Waals surface area contributed by atoms with Gasteiger partial charge in [-0.1, -0.05) is 74.7 Å².